The fraction of sp³-hybridized carbons (Fsp3) is 0.444. The molecule has 14 heavy (non-hydrogen) atoms. The third-order valence-corrected chi connectivity index (χ3v) is 1.57. The van der Waals surface area contributed by atoms with Gasteiger partial charge < -0.3 is 10.5 Å². The van der Waals surface area contributed by atoms with Crippen LogP contribution in [0.1, 0.15) is 5.69 Å². The predicted molar refractivity (Wildman–Crippen MR) is 48.5 cm³/mol. The van der Waals surface area contributed by atoms with Crippen LogP contribution < -0.4 is 10.5 Å². The maximum atomic E-state index is 11.8. The normalized spacial score (nSPS) is 10.6. The van der Waals surface area contributed by atoms with Gasteiger partial charge in [0.05, 0.1) is 6.20 Å². The van der Waals surface area contributed by atoms with Crippen LogP contribution in [-0.2, 0) is 6.42 Å². The van der Waals surface area contributed by atoms with E-state index >= 15 is 0 Å². The molecule has 2 N–H and O–H groups in total. The lowest BCUT2D eigenvalue weighted by Crippen LogP contribution is -2.08. The standard InChI is InChI=1S/C9H12F2N2O/c10-9(11)6-14-8-2-1-7(3-4-12)13-5-8/h1-2,5,9H,3-4,6,12H2. The molecule has 0 aliphatic heterocycles. The first kappa shape index (κ1) is 10.8. The van der Waals surface area contributed by atoms with Crippen LogP contribution in [0.4, 0.5) is 8.78 Å². The molecule has 0 spiro atoms. The van der Waals surface area contributed by atoms with Gasteiger partial charge >= 0.3 is 0 Å². The van der Waals surface area contributed by atoms with E-state index in [1.165, 1.54) is 6.20 Å². The third kappa shape index (κ3) is 3.66. The Balaban J connectivity index is 2.46. The van der Waals surface area contributed by atoms with E-state index in [-0.39, 0.29) is 0 Å². The van der Waals surface area contributed by atoms with Gasteiger partial charge in [-0.15, -0.1) is 0 Å². The van der Waals surface area contributed by atoms with Crippen molar-refractivity contribution in [3.05, 3.63) is 24.0 Å². The van der Waals surface area contributed by atoms with Gasteiger partial charge in [0.1, 0.15) is 12.4 Å². The summed E-state index contributed by atoms with van der Waals surface area (Å²) in [6, 6.07) is 3.33. The number of hydrogen-bond donors (Lipinski definition) is 1. The summed E-state index contributed by atoms with van der Waals surface area (Å²) in [4.78, 5) is 4.00. The Morgan fingerprint density at radius 2 is 2.21 bits per heavy atom. The van der Waals surface area contributed by atoms with Crippen LogP contribution in [0.5, 0.6) is 5.75 Å². The second-order valence-electron chi connectivity index (χ2n) is 2.73. The predicted octanol–water partition coefficient (Wildman–Crippen LogP) is 1.23. The molecule has 0 fully saturated rings. The molecule has 0 aromatic carbocycles. The highest BCUT2D eigenvalue weighted by Crippen LogP contribution is 2.10. The Kier molecular flexibility index (Phi) is 4.25. The number of nitrogens with two attached hydrogens (primary N) is 1. The Morgan fingerprint density at radius 1 is 1.43 bits per heavy atom. The average molecular weight is 202 g/mol. The molecule has 3 nitrogen and oxygen atoms in total. The van der Waals surface area contributed by atoms with E-state index in [4.69, 9.17) is 10.5 Å². The number of rotatable bonds is 5. The van der Waals surface area contributed by atoms with E-state index in [9.17, 15) is 8.78 Å². The number of hydrogen-bond acceptors (Lipinski definition) is 3. The number of halogens is 2. The van der Waals surface area contributed by atoms with Gasteiger partial charge in [0.25, 0.3) is 6.43 Å². The van der Waals surface area contributed by atoms with Crippen molar-refractivity contribution in [2.45, 2.75) is 12.8 Å². The van der Waals surface area contributed by atoms with Crippen molar-refractivity contribution in [1.82, 2.24) is 4.98 Å². The molecule has 1 aromatic heterocycles. The van der Waals surface area contributed by atoms with Crippen molar-refractivity contribution in [2.24, 2.45) is 5.73 Å². The molecular formula is C9H12F2N2O. The van der Waals surface area contributed by atoms with Crippen molar-refractivity contribution in [1.29, 1.82) is 0 Å². The summed E-state index contributed by atoms with van der Waals surface area (Å²) in [5, 5.41) is 0. The minimum Gasteiger partial charge on any atom is -0.486 e. The smallest absolute Gasteiger partial charge is 0.272 e. The number of alkyl halides is 2. The van der Waals surface area contributed by atoms with Crippen molar-refractivity contribution in [3.8, 4) is 5.75 Å². The number of pyridine rings is 1. The summed E-state index contributed by atoms with van der Waals surface area (Å²) >= 11 is 0. The molecule has 0 aliphatic carbocycles. The number of ether oxygens (including phenoxy) is 1. The van der Waals surface area contributed by atoms with Gasteiger partial charge in [-0.25, -0.2) is 8.78 Å². The fourth-order valence-corrected chi connectivity index (χ4v) is 0.951. The van der Waals surface area contributed by atoms with Crippen molar-refractivity contribution in [3.63, 3.8) is 0 Å². The molecule has 0 amide bonds. The van der Waals surface area contributed by atoms with E-state index < -0.39 is 13.0 Å². The second-order valence-corrected chi connectivity index (χ2v) is 2.73. The summed E-state index contributed by atoms with van der Waals surface area (Å²) in [6.07, 6.45) is -0.360. The maximum Gasteiger partial charge on any atom is 0.272 e. The Hall–Kier alpha value is -1.23. The molecule has 0 aliphatic rings. The van der Waals surface area contributed by atoms with Crippen LogP contribution in [0.15, 0.2) is 18.3 Å². The van der Waals surface area contributed by atoms with Gasteiger partial charge in [0, 0.05) is 12.1 Å². The van der Waals surface area contributed by atoms with Gasteiger partial charge in [-0.1, -0.05) is 0 Å². The maximum absolute atomic E-state index is 11.8. The van der Waals surface area contributed by atoms with Gasteiger partial charge in [-0.2, -0.15) is 0 Å². The van der Waals surface area contributed by atoms with Crippen LogP contribution in [0.3, 0.4) is 0 Å². The average Bonchev–Trinajstić information content (AvgIpc) is 2.17. The van der Waals surface area contributed by atoms with Crippen LogP contribution in [0.25, 0.3) is 0 Å². The zero-order valence-electron chi connectivity index (χ0n) is 7.62. The van der Waals surface area contributed by atoms with Gasteiger partial charge in [-0.3, -0.25) is 4.98 Å². The van der Waals surface area contributed by atoms with Gasteiger partial charge in [0.15, 0.2) is 0 Å². The summed E-state index contributed by atoms with van der Waals surface area (Å²) in [6.45, 7) is -0.0812. The molecule has 5 heteroatoms. The molecule has 1 rings (SSSR count). The summed E-state index contributed by atoms with van der Waals surface area (Å²) in [5.74, 6) is 0.353. The molecule has 0 bridgehead atoms. The third-order valence-electron chi connectivity index (χ3n) is 1.57. The fourth-order valence-electron chi connectivity index (χ4n) is 0.951. The van der Waals surface area contributed by atoms with E-state index in [2.05, 4.69) is 4.98 Å². The zero-order chi connectivity index (χ0) is 10.4. The van der Waals surface area contributed by atoms with Crippen molar-refractivity contribution < 1.29 is 13.5 Å². The van der Waals surface area contributed by atoms with Crippen LogP contribution >= 0.6 is 0 Å². The minimum absolute atomic E-state index is 0.353. The van der Waals surface area contributed by atoms with Gasteiger partial charge in [0.2, 0.25) is 0 Å². The first-order valence-electron chi connectivity index (χ1n) is 4.28. The van der Waals surface area contributed by atoms with Crippen molar-refractivity contribution >= 4 is 0 Å². The monoisotopic (exact) mass is 202 g/mol. The van der Waals surface area contributed by atoms with E-state index in [0.717, 1.165) is 5.69 Å². The number of aromatic nitrogens is 1. The van der Waals surface area contributed by atoms with Crippen molar-refractivity contribution in [2.75, 3.05) is 13.2 Å². The van der Waals surface area contributed by atoms with Gasteiger partial charge in [-0.05, 0) is 18.7 Å². The Labute approximate surface area is 80.9 Å². The van der Waals surface area contributed by atoms with E-state index in [1.54, 1.807) is 12.1 Å². The first-order chi connectivity index (χ1) is 6.72. The molecule has 0 radical (unpaired) electrons. The summed E-state index contributed by atoms with van der Waals surface area (Å²) in [5.41, 5.74) is 6.16. The minimum atomic E-state index is -2.46. The molecule has 1 aromatic rings. The van der Waals surface area contributed by atoms with E-state index in [0.29, 0.717) is 18.7 Å². The highest BCUT2D eigenvalue weighted by Gasteiger charge is 2.03. The lowest BCUT2D eigenvalue weighted by atomic mass is 10.3. The first-order valence-corrected chi connectivity index (χ1v) is 4.28. The lowest BCUT2D eigenvalue weighted by molar-refractivity contribution is 0.0817. The molecular weight excluding hydrogens is 190 g/mol. The van der Waals surface area contributed by atoms with Crippen LogP contribution in [-0.4, -0.2) is 24.6 Å². The molecule has 0 atom stereocenters. The highest BCUT2D eigenvalue weighted by molar-refractivity contribution is 5.19. The number of nitrogens with zero attached hydrogens (tertiary/aromatic N) is 1. The molecule has 1 heterocycles. The molecule has 0 saturated carbocycles. The SMILES string of the molecule is NCCc1ccc(OCC(F)F)cn1. The lowest BCUT2D eigenvalue weighted by Gasteiger charge is -2.05. The summed E-state index contributed by atoms with van der Waals surface area (Å²) < 4.78 is 28.3. The highest BCUT2D eigenvalue weighted by atomic mass is 19.3. The Morgan fingerprint density at radius 3 is 2.71 bits per heavy atom. The molecule has 0 unspecified atom stereocenters. The summed E-state index contributed by atoms with van der Waals surface area (Å²) in [7, 11) is 0. The quantitative estimate of drug-likeness (QED) is 0.781. The van der Waals surface area contributed by atoms with Crippen LogP contribution in [0, 0.1) is 0 Å². The Bertz CT molecular complexity index is 264. The zero-order valence-corrected chi connectivity index (χ0v) is 7.62. The second kappa shape index (κ2) is 5.49. The van der Waals surface area contributed by atoms with Crippen LogP contribution in [0.2, 0.25) is 0 Å². The topological polar surface area (TPSA) is 48.1 Å². The largest absolute Gasteiger partial charge is 0.486 e. The molecule has 0 saturated heterocycles. The molecule has 78 valence electrons. The van der Waals surface area contributed by atoms with E-state index in [1.807, 2.05) is 0 Å².